The van der Waals surface area contributed by atoms with E-state index in [1.807, 2.05) is 20.8 Å². The zero-order valence-electron chi connectivity index (χ0n) is 10.2. The maximum absolute atomic E-state index is 6.17. The van der Waals surface area contributed by atoms with Crippen LogP contribution in [0.4, 0.5) is 0 Å². The van der Waals surface area contributed by atoms with Gasteiger partial charge in [0.1, 0.15) is 0 Å². The molecular weight excluding hydrogens is 196 g/mol. The molecule has 0 saturated heterocycles. The van der Waals surface area contributed by atoms with Crippen LogP contribution in [0.3, 0.4) is 0 Å². The molecule has 4 N–H and O–H groups in total. The molecule has 0 aromatic carbocycles. The second-order valence-corrected chi connectivity index (χ2v) is 6.65. The average Bonchev–Trinajstić information content (AvgIpc) is 1.78. The Morgan fingerprint density at radius 2 is 1.43 bits per heavy atom. The van der Waals surface area contributed by atoms with Crippen LogP contribution >= 0.6 is 11.6 Å². The lowest BCUT2D eigenvalue weighted by atomic mass is 9.76. The Morgan fingerprint density at radius 1 is 1.00 bits per heavy atom. The molecule has 0 rings (SSSR count). The molecule has 0 aliphatic rings. The van der Waals surface area contributed by atoms with Crippen molar-refractivity contribution < 1.29 is 0 Å². The molecule has 0 radical (unpaired) electrons. The van der Waals surface area contributed by atoms with E-state index < -0.39 is 5.00 Å². The fourth-order valence-electron chi connectivity index (χ4n) is 2.22. The summed E-state index contributed by atoms with van der Waals surface area (Å²) in [7, 11) is 0. The summed E-state index contributed by atoms with van der Waals surface area (Å²) < 4.78 is 0. The molecule has 0 aliphatic carbocycles. The second kappa shape index (κ2) is 4.38. The van der Waals surface area contributed by atoms with Gasteiger partial charge < -0.3 is 11.5 Å². The first-order valence-corrected chi connectivity index (χ1v) is 5.62. The maximum atomic E-state index is 6.17. The smallest absolute Gasteiger partial charge is 0.0913 e. The first kappa shape index (κ1) is 14.2. The molecule has 0 bridgehead atoms. The van der Waals surface area contributed by atoms with Crippen LogP contribution in [0.5, 0.6) is 0 Å². The SMILES string of the molecule is CCC(N)(Cl)CC(C)(C)CC(C)(C)N. The van der Waals surface area contributed by atoms with Gasteiger partial charge >= 0.3 is 0 Å². The second-order valence-electron chi connectivity index (χ2n) is 5.89. The number of hydrogen-bond donors (Lipinski definition) is 2. The standard InChI is InChI=1S/C11H25ClN2/c1-6-11(12,14)8-9(2,3)7-10(4,5)13/h6-8,13-14H2,1-5H3. The van der Waals surface area contributed by atoms with Gasteiger partial charge in [0, 0.05) is 5.54 Å². The predicted molar refractivity (Wildman–Crippen MR) is 64.3 cm³/mol. The summed E-state index contributed by atoms with van der Waals surface area (Å²) in [6, 6.07) is 0. The maximum Gasteiger partial charge on any atom is 0.0913 e. The molecule has 0 aromatic heterocycles. The van der Waals surface area contributed by atoms with E-state index >= 15 is 0 Å². The monoisotopic (exact) mass is 220 g/mol. The van der Waals surface area contributed by atoms with Gasteiger partial charge in [-0.25, -0.2) is 0 Å². The van der Waals surface area contributed by atoms with E-state index in [2.05, 4.69) is 13.8 Å². The van der Waals surface area contributed by atoms with Gasteiger partial charge in [0.05, 0.1) is 5.00 Å². The van der Waals surface area contributed by atoms with Crippen molar-refractivity contribution in [1.82, 2.24) is 0 Å². The predicted octanol–water partition coefficient (Wildman–Crippen LogP) is 2.83. The number of hydrogen-bond acceptors (Lipinski definition) is 2. The first-order valence-electron chi connectivity index (χ1n) is 5.24. The minimum Gasteiger partial charge on any atom is -0.326 e. The van der Waals surface area contributed by atoms with E-state index in [0.29, 0.717) is 0 Å². The summed E-state index contributed by atoms with van der Waals surface area (Å²) in [5, 5.41) is 0. The molecule has 0 amide bonds. The lowest BCUT2D eigenvalue weighted by Gasteiger charge is -2.37. The van der Waals surface area contributed by atoms with Crippen molar-refractivity contribution in [3.8, 4) is 0 Å². The fourth-order valence-corrected chi connectivity index (χ4v) is 2.58. The van der Waals surface area contributed by atoms with Crippen molar-refractivity contribution in [2.75, 3.05) is 0 Å². The van der Waals surface area contributed by atoms with Gasteiger partial charge in [-0.2, -0.15) is 0 Å². The van der Waals surface area contributed by atoms with Crippen molar-refractivity contribution in [3.05, 3.63) is 0 Å². The molecule has 0 saturated carbocycles. The van der Waals surface area contributed by atoms with Crippen LogP contribution in [0.15, 0.2) is 0 Å². The third-order valence-corrected chi connectivity index (χ3v) is 2.70. The topological polar surface area (TPSA) is 52.0 Å². The van der Waals surface area contributed by atoms with E-state index in [1.54, 1.807) is 0 Å². The van der Waals surface area contributed by atoms with Gasteiger partial charge in [0.2, 0.25) is 0 Å². The Bertz CT molecular complexity index is 180. The Morgan fingerprint density at radius 3 is 1.71 bits per heavy atom. The molecule has 86 valence electrons. The van der Waals surface area contributed by atoms with Gasteiger partial charge in [0.15, 0.2) is 0 Å². The Balaban J connectivity index is 4.35. The minimum absolute atomic E-state index is 0.0881. The van der Waals surface area contributed by atoms with E-state index in [4.69, 9.17) is 23.1 Å². The van der Waals surface area contributed by atoms with E-state index in [9.17, 15) is 0 Å². The molecular formula is C11H25ClN2. The normalized spacial score (nSPS) is 18.0. The highest BCUT2D eigenvalue weighted by Gasteiger charge is 2.33. The van der Waals surface area contributed by atoms with Crippen LogP contribution in [-0.2, 0) is 0 Å². The van der Waals surface area contributed by atoms with Crippen LogP contribution < -0.4 is 11.5 Å². The number of halogens is 1. The quantitative estimate of drug-likeness (QED) is 0.553. The Kier molecular flexibility index (Phi) is 4.44. The molecule has 1 atom stereocenters. The molecule has 0 heterocycles. The Labute approximate surface area is 93.4 Å². The molecule has 14 heavy (non-hydrogen) atoms. The summed E-state index contributed by atoms with van der Waals surface area (Å²) in [6.45, 7) is 10.4. The van der Waals surface area contributed by atoms with E-state index in [0.717, 1.165) is 19.3 Å². The highest BCUT2D eigenvalue weighted by atomic mass is 35.5. The third-order valence-electron chi connectivity index (χ3n) is 2.29. The fraction of sp³-hybridized carbons (Fsp3) is 1.00. The third kappa shape index (κ3) is 6.63. The molecule has 0 fully saturated rings. The number of rotatable bonds is 5. The van der Waals surface area contributed by atoms with Crippen LogP contribution in [-0.4, -0.2) is 10.5 Å². The summed E-state index contributed by atoms with van der Waals surface area (Å²) >= 11 is 6.17. The van der Waals surface area contributed by atoms with E-state index in [1.165, 1.54) is 0 Å². The van der Waals surface area contributed by atoms with Crippen molar-refractivity contribution in [3.63, 3.8) is 0 Å². The van der Waals surface area contributed by atoms with Gasteiger partial charge in [-0.05, 0) is 38.5 Å². The highest BCUT2D eigenvalue weighted by Crippen LogP contribution is 2.36. The zero-order valence-corrected chi connectivity index (χ0v) is 10.9. The summed E-state index contributed by atoms with van der Waals surface area (Å²) in [4.78, 5) is -0.589. The van der Waals surface area contributed by atoms with Crippen LogP contribution in [0.1, 0.15) is 53.9 Å². The largest absolute Gasteiger partial charge is 0.326 e. The summed E-state index contributed by atoms with van der Waals surface area (Å²) in [5.74, 6) is 0. The molecule has 1 unspecified atom stereocenters. The van der Waals surface area contributed by atoms with Gasteiger partial charge in [0.25, 0.3) is 0 Å². The Hall–Kier alpha value is 0.210. The first-order chi connectivity index (χ1) is 5.97. The number of alkyl halides is 1. The van der Waals surface area contributed by atoms with Crippen molar-refractivity contribution >= 4 is 11.6 Å². The van der Waals surface area contributed by atoms with Crippen molar-refractivity contribution in [2.24, 2.45) is 16.9 Å². The van der Waals surface area contributed by atoms with Crippen LogP contribution in [0.2, 0.25) is 0 Å². The van der Waals surface area contributed by atoms with Crippen molar-refractivity contribution in [1.29, 1.82) is 0 Å². The van der Waals surface area contributed by atoms with Gasteiger partial charge in [-0.15, -0.1) is 11.6 Å². The molecule has 0 aromatic rings. The minimum atomic E-state index is -0.589. The molecule has 2 nitrogen and oxygen atoms in total. The van der Waals surface area contributed by atoms with Crippen molar-refractivity contribution in [2.45, 2.75) is 64.4 Å². The van der Waals surface area contributed by atoms with Gasteiger partial charge in [-0.3, -0.25) is 0 Å². The summed E-state index contributed by atoms with van der Waals surface area (Å²) in [6.07, 6.45) is 2.49. The van der Waals surface area contributed by atoms with E-state index in [-0.39, 0.29) is 11.0 Å². The molecule has 0 aliphatic heterocycles. The van der Waals surface area contributed by atoms with Gasteiger partial charge in [-0.1, -0.05) is 20.8 Å². The lowest BCUT2D eigenvalue weighted by molar-refractivity contribution is 0.212. The zero-order chi connectivity index (χ0) is 11.6. The lowest BCUT2D eigenvalue weighted by Crippen LogP contribution is -2.43. The summed E-state index contributed by atoms with van der Waals surface area (Å²) in [5.41, 5.74) is 11.9. The van der Waals surface area contributed by atoms with Crippen LogP contribution in [0.25, 0.3) is 0 Å². The molecule has 3 heteroatoms. The average molecular weight is 221 g/mol. The highest BCUT2D eigenvalue weighted by molar-refractivity contribution is 6.23. The number of nitrogens with two attached hydrogens (primary N) is 2. The molecule has 0 spiro atoms. The van der Waals surface area contributed by atoms with Crippen LogP contribution in [0, 0.1) is 5.41 Å².